The fraction of sp³-hybridized carbons (Fsp3) is 0.500. The van der Waals surface area contributed by atoms with Gasteiger partial charge in [0.25, 0.3) is 5.13 Å². The van der Waals surface area contributed by atoms with Crippen LogP contribution in [0.1, 0.15) is 26.7 Å². The van der Waals surface area contributed by atoms with Crippen molar-refractivity contribution < 1.29 is 38.5 Å². The predicted molar refractivity (Wildman–Crippen MR) is 82.1 cm³/mol. The number of thiazole rings is 1. The number of halogens is 1. The van der Waals surface area contributed by atoms with E-state index in [-0.39, 0.29) is 35.1 Å². The maximum Gasteiger partial charge on any atom is 1.00 e. The summed E-state index contributed by atoms with van der Waals surface area (Å²) < 4.78 is 26.4. The van der Waals surface area contributed by atoms with Crippen LogP contribution < -0.4 is 34.0 Å². The van der Waals surface area contributed by atoms with E-state index in [2.05, 4.69) is 25.9 Å². The molecule has 3 rings (SSSR count). The second kappa shape index (κ2) is 6.07. The van der Waals surface area contributed by atoms with E-state index in [4.69, 9.17) is 0 Å². The standard InChI is InChI=1S/C14H17FN2OS2.Na/c1-4-14(2)5-6-17(14,3)13-16-12-10(15)7-9(20-18)8-11(12)19-13;/h7-8H,4-6H2,1-3H3;/q;+1/t14-,17?;/m1./s1. The molecule has 0 spiro atoms. The third kappa shape index (κ3) is 2.59. The molecule has 1 aliphatic heterocycles. The summed E-state index contributed by atoms with van der Waals surface area (Å²) in [5.74, 6) is -0.395. The molecular formula is C14H17FN2NaOS2+. The predicted octanol–water partition coefficient (Wildman–Crippen LogP) is 1.17. The molecule has 108 valence electrons. The third-order valence-electron chi connectivity index (χ3n) is 4.98. The van der Waals surface area contributed by atoms with Crippen LogP contribution in [0.2, 0.25) is 0 Å². The molecule has 0 amide bonds. The number of benzene rings is 1. The van der Waals surface area contributed by atoms with Crippen molar-refractivity contribution in [1.82, 2.24) is 9.47 Å². The molecule has 1 saturated heterocycles. The van der Waals surface area contributed by atoms with Crippen molar-refractivity contribution >= 4 is 38.7 Å². The van der Waals surface area contributed by atoms with Crippen LogP contribution in [-0.2, 0) is 0 Å². The van der Waals surface area contributed by atoms with Crippen molar-refractivity contribution in [3.63, 3.8) is 0 Å². The quantitative estimate of drug-likeness (QED) is 0.480. The summed E-state index contributed by atoms with van der Waals surface area (Å²) in [6, 6.07) is 3.02. The van der Waals surface area contributed by atoms with Crippen molar-refractivity contribution in [2.75, 3.05) is 13.6 Å². The van der Waals surface area contributed by atoms with E-state index in [0.717, 1.165) is 27.3 Å². The third-order valence-corrected chi connectivity index (χ3v) is 6.62. The zero-order chi connectivity index (χ0) is 14.5. The van der Waals surface area contributed by atoms with E-state index < -0.39 is 5.82 Å². The van der Waals surface area contributed by atoms with Gasteiger partial charge in [0, 0.05) is 0 Å². The minimum absolute atomic E-state index is 0. The van der Waals surface area contributed by atoms with E-state index in [1.54, 1.807) is 6.07 Å². The van der Waals surface area contributed by atoms with E-state index in [0.29, 0.717) is 22.5 Å². The molecule has 21 heavy (non-hydrogen) atoms. The molecule has 7 heteroatoms. The second-order valence-corrected chi connectivity index (χ2v) is 7.49. The van der Waals surface area contributed by atoms with Gasteiger partial charge in [-0.25, -0.2) is 16.4 Å². The van der Waals surface area contributed by atoms with Crippen LogP contribution in [0, 0.1) is 5.82 Å². The Kier molecular flexibility index (Phi) is 5.11. The Balaban J connectivity index is 0.00000161. The van der Waals surface area contributed by atoms with Gasteiger partial charge in [-0.2, -0.15) is 4.98 Å². The molecule has 0 aliphatic carbocycles. The van der Waals surface area contributed by atoms with E-state index in [1.165, 1.54) is 23.8 Å². The summed E-state index contributed by atoms with van der Waals surface area (Å²) in [6.45, 7) is 5.49. The van der Waals surface area contributed by atoms with Crippen LogP contribution >= 0.6 is 23.4 Å². The number of rotatable bonds is 3. The van der Waals surface area contributed by atoms with Crippen molar-refractivity contribution in [3.8, 4) is 0 Å². The molecule has 2 heterocycles. The van der Waals surface area contributed by atoms with Gasteiger partial charge in [-0.15, -0.1) is 0 Å². The first-order valence-corrected chi connectivity index (χ1v) is 8.25. The Morgan fingerprint density at radius 3 is 2.76 bits per heavy atom. The first-order valence-electron chi connectivity index (χ1n) is 6.69. The van der Waals surface area contributed by atoms with Crippen molar-refractivity contribution in [2.45, 2.75) is 37.1 Å². The average Bonchev–Trinajstić information content (AvgIpc) is 2.88. The summed E-state index contributed by atoms with van der Waals surface area (Å²) in [5.41, 5.74) is 0.577. The number of likely N-dealkylation sites (tertiary alicyclic amines) is 1. The molecule has 1 unspecified atom stereocenters. The molecule has 1 fully saturated rings. The first kappa shape index (κ1) is 17.7. The number of hydrogen-bond acceptors (Lipinski definition) is 4. The Morgan fingerprint density at radius 2 is 2.24 bits per heavy atom. The molecule has 1 aromatic carbocycles. The number of quaternary nitrogens is 1. The summed E-state index contributed by atoms with van der Waals surface area (Å²) >= 11 is 1.83. The summed E-state index contributed by atoms with van der Waals surface area (Å²) in [6.07, 6.45) is 2.24. The van der Waals surface area contributed by atoms with Gasteiger partial charge in [0.15, 0.2) is 5.82 Å². The topological polar surface area (TPSA) is 36.0 Å². The Labute approximate surface area is 154 Å². The maximum atomic E-state index is 14.0. The second-order valence-electron chi connectivity index (χ2n) is 5.85. The minimum atomic E-state index is -0.395. The molecule has 1 aromatic heterocycles. The summed E-state index contributed by atoms with van der Waals surface area (Å²) in [4.78, 5) is 4.94. The molecule has 2 atom stereocenters. The molecule has 0 radical (unpaired) electrons. The van der Waals surface area contributed by atoms with Crippen LogP contribution in [0.25, 0.3) is 10.2 Å². The van der Waals surface area contributed by atoms with Gasteiger partial charge in [0.1, 0.15) is 11.1 Å². The number of nitrogens with zero attached hydrogens (tertiary/aromatic N) is 2. The summed E-state index contributed by atoms with van der Waals surface area (Å²) in [7, 11) is 2.17. The average molecular weight is 335 g/mol. The van der Waals surface area contributed by atoms with Crippen molar-refractivity contribution in [2.24, 2.45) is 0 Å². The van der Waals surface area contributed by atoms with Gasteiger partial charge in [-0.3, -0.25) is 4.48 Å². The SMILES string of the molecule is CC[C@]1(C)CC[N+]1(C)c1nc2c(F)cc(S[O-])cc2s1.[Na+]. The monoisotopic (exact) mass is 335 g/mol. The van der Waals surface area contributed by atoms with Crippen LogP contribution in [0.3, 0.4) is 0 Å². The molecule has 0 bridgehead atoms. The smallest absolute Gasteiger partial charge is 0.795 e. The molecule has 3 nitrogen and oxygen atoms in total. The largest absolute Gasteiger partial charge is 1.00 e. The Hall–Kier alpha value is 0.310. The Bertz CT molecular complexity index is 676. The van der Waals surface area contributed by atoms with Crippen LogP contribution in [-0.4, -0.2) is 28.7 Å². The molecule has 2 aromatic rings. The maximum absolute atomic E-state index is 14.0. The molecule has 0 N–H and O–H groups in total. The minimum Gasteiger partial charge on any atom is -0.795 e. The van der Waals surface area contributed by atoms with Gasteiger partial charge in [-0.1, -0.05) is 18.3 Å². The van der Waals surface area contributed by atoms with Crippen LogP contribution in [0.4, 0.5) is 9.52 Å². The summed E-state index contributed by atoms with van der Waals surface area (Å²) in [5, 5.41) is 0.947. The van der Waals surface area contributed by atoms with Crippen molar-refractivity contribution in [3.05, 3.63) is 17.9 Å². The number of aromatic nitrogens is 1. The molecule has 0 saturated carbocycles. The van der Waals surface area contributed by atoms with Gasteiger partial charge in [-0.05, 0) is 30.4 Å². The van der Waals surface area contributed by atoms with E-state index in [9.17, 15) is 8.94 Å². The molecular weight excluding hydrogens is 318 g/mol. The van der Waals surface area contributed by atoms with Crippen molar-refractivity contribution in [1.29, 1.82) is 0 Å². The normalized spacial score (nSPS) is 28.2. The number of hydrogen-bond donors (Lipinski definition) is 0. The van der Waals surface area contributed by atoms with Crippen LogP contribution in [0.15, 0.2) is 17.0 Å². The zero-order valence-corrected chi connectivity index (χ0v) is 16.4. The van der Waals surface area contributed by atoms with Gasteiger partial charge in [0.05, 0.1) is 24.7 Å². The zero-order valence-electron chi connectivity index (χ0n) is 12.8. The van der Waals surface area contributed by atoms with Gasteiger partial charge >= 0.3 is 29.6 Å². The van der Waals surface area contributed by atoms with Gasteiger partial charge < -0.3 is 4.55 Å². The number of fused-ring (bicyclic) bond motifs is 1. The van der Waals surface area contributed by atoms with E-state index >= 15 is 0 Å². The first-order chi connectivity index (χ1) is 9.43. The fourth-order valence-corrected chi connectivity index (χ4v) is 4.56. The fourth-order valence-electron chi connectivity index (χ4n) is 2.89. The van der Waals surface area contributed by atoms with E-state index in [1.807, 2.05) is 0 Å². The van der Waals surface area contributed by atoms with Gasteiger partial charge in [0.2, 0.25) is 0 Å². The Morgan fingerprint density at radius 1 is 1.52 bits per heavy atom. The van der Waals surface area contributed by atoms with Crippen LogP contribution in [0.5, 0.6) is 0 Å². The molecule has 1 aliphatic rings.